The molecule has 2 N–H and O–H groups in total. The number of fused-ring (bicyclic) bond motifs is 1. The van der Waals surface area contributed by atoms with Crippen LogP contribution < -0.4 is 10.5 Å². The van der Waals surface area contributed by atoms with Crippen LogP contribution in [0.1, 0.15) is 30.1 Å². The first kappa shape index (κ1) is 13.7. The van der Waals surface area contributed by atoms with Crippen molar-refractivity contribution in [3.05, 3.63) is 35.5 Å². The Kier molecular flexibility index (Phi) is 3.63. The van der Waals surface area contributed by atoms with Crippen molar-refractivity contribution < 1.29 is 4.74 Å². The number of nitrogens with zero attached hydrogens (tertiary/aromatic N) is 3. The Morgan fingerprint density at radius 3 is 2.86 bits per heavy atom. The Bertz CT molecular complexity index is 682. The zero-order valence-electron chi connectivity index (χ0n) is 12.0. The summed E-state index contributed by atoms with van der Waals surface area (Å²) in [6.07, 6.45) is 2.95. The van der Waals surface area contributed by atoms with Crippen LogP contribution in [0.15, 0.2) is 24.3 Å². The number of hydrogen-bond acceptors (Lipinski definition) is 4. The number of nitrogens with two attached hydrogens (primary N) is 1. The third-order valence-electron chi connectivity index (χ3n) is 3.98. The fraction of sp³-hybridized carbons (Fsp3) is 0.375. The fourth-order valence-corrected chi connectivity index (χ4v) is 2.96. The van der Waals surface area contributed by atoms with Gasteiger partial charge in [0.25, 0.3) is 0 Å². The largest absolute Gasteiger partial charge is 0.497 e. The van der Waals surface area contributed by atoms with Crippen LogP contribution in [-0.2, 0) is 13.0 Å². The molecular formula is C16H18N4O. The normalized spacial score (nSPS) is 17.1. The molecule has 5 nitrogen and oxygen atoms in total. The molecule has 1 aromatic carbocycles. The molecular weight excluding hydrogens is 264 g/mol. The van der Waals surface area contributed by atoms with Crippen LogP contribution in [-0.4, -0.2) is 16.9 Å². The van der Waals surface area contributed by atoms with E-state index in [1.54, 1.807) is 11.8 Å². The Morgan fingerprint density at radius 2 is 2.19 bits per heavy atom. The van der Waals surface area contributed by atoms with Gasteiger partial charge in [0, 0.05) is 22.9 Å². The van der Waals surface area contributed by atoms with Crippen molar-refractivity contribution in [3.63, 3.8) is 0 Å². The number of hydrogen-bond donors (Lipinski definition) is 1. The number of benzene rings is 1. The molecule has 0 bridgehead atoms. The quantitative estimate of drug-likeness (QED) is 0.938. The predicted octanol–water partition coefficient (Wildman–Crippen LogP) is 2.42. The van der Waals surface area contributed by atoms with Crippen molar-refractivity contribution in [2.75, 3.05) is 7.11 Å². The highest BCUT2D eigenvalue weighted by atomic mass is 16.5. The zero-order valence-corrected chi connectivity index (χ0v) is 12.0. The number of aromatic nitrogens is 2. The van der Waals surface area contributed by atoms with E-state index in [2.05, 4.69) is 11.2 Å². The van der Waals surface area contributed by atoms with Gasteiger partial charge in [-0.15, -0.1) is 0 Å². The lowest BCUT2D eigenvalue weighted by Gasteiger charge is -2.20. The summed E-state index contributed by atoms with van der Waals surface area (Å²) >= 11 is 0. The molecule has 0 aliphatic heterocycles. The molecule has 21 heavy (non-hydrogen) atoms. The monoisotopic (exact) mass is 282 g/mol. The lowest BCUT2D eigenvalue weighted by molar-refractivity contribution is 0.415. The fourth-order valence-electron chi connectivity index (χ4n) is 2.96. The van der Waals surface area contributed by atoms with E-state index in [0.29, 0.717) is 0 Å². The molecule has 5 heteroatoms. The molecule has 1 aromatic heterocycles. The lowest BCUT2D eigenvalue weighted by Crippen LogP contribution is -2.18. The van der Waals surface area contributed by atoms with Crippen molar-refractivity contribution in [2.24, 2.45) is 5.73 Å². The summed E-state index contributed by atoms with van der Waals surface area (Å²) in [4.78, 5) is 0. The van der Waals surface area contributed by atoms with Crippen molar-refractivity contribution >= 4 is 0 Å². The maximum atomic E-state index is 8.98. The van der Waals surface area contributed by atoms with Gasteiger partial charge in [0.1, 0.15) is 12.3 Å². The summed E-state index contributed by atoms with van der Waals surface area (Å²) in [5.41, 5.74) is 10.4. The Balaban J connectivity index is 2.11. The van der Waals surface area contributed by atoms with Crippen molar-refractivity contribution in [3.8, 4) is 23.1 Å². The maximum absolute atomic E-state index is 8.98. The molecule has 1 unspecified atom stereocenters. The average Bonchev–Trinajstić information content (AvgIpc) is 2.88. The molecule has 1 heterocycles. The van der Waals surface area contributed by atoms with Crippen LogP contribution >= 0.6 is 0 Å². The van der Waals surface area contributed by atoms with Gasteiger partial charge in [-0.3, -0.25) is 4.68 Å². The second kappa shape index (κ2) is 5.58. The van der Waals surface area contributed by atoms with Gasteiger partial charge in [0.15, 0.2) is 0 Å². The molecule has 0 saturated heterocycles. The zero-order chi connectivity index (χ0) is 14.8. The van der Waals surface area contributed by atoms with Crippen LogP contribution in [0.3, 0.4) is 0 Å². The smallest absolute Gasteiger partial charge is 0.128 e. The molecule has 0 amide bonds. The lowest BCUT2D eigenvalue weighted by atomic mass is 9.89. The van der Waals surface area contributed by atoms with Gasteiger partial charge >= 0.3 is 0 Å². The minimum Gasteiger partial charge on any atom is -0.497 e. The molecule has 0 saturated carbocycles. The Labute approximate surface area is 123 Å². The molecule has 1 atom stereocenters. The van der Waals surface area contributed by atoms with E-state index in [4.69, 9.17) is 15.7 Å². The van der Waals surface area contributed by atoms with Gasteiger partial charge in [-0.25, -0.2) is 0 Å². The van der Waals surface area contributed by atoms with Gasteiger partial charge in [-0.05, 0) is 43.5 Å². The highest BCUT2D eigenvalue weighted by Crippen LogP contribution is 2.36. The number of methoxy groups -OCH3 is 1. The van der Waals surface area contributed by atoms with Crippen molar-refractivity contribution in [1.82, 2.24) is 9.78 Å². The highest BCUT2D eigenvalue weighted by Gasteiger charge is 2.26. The van der Waals surface area contributed by atoms with E-state index in [0.717, 1.165) is 47.5 Å². The highest BCUT2D eigenvalue weighted by molar-refractivity contribution is 5.66. The van der Waals surface area contributed by atoms with Crippen LogP contribution in [0, 0.1) is 11.3 Å². The van der Waals surface area contributed by atoms with Gasteiger partial charge in [-0.1, -0.05) is 0 Å². The number of nitriles is 1. The minimum absolute atomic E-state index is 0.00158. The van der Waals surface area contributed by atoms with E-state index in [-0.39, 0.29) is 12.6 Å². The third kappa shape index (κ3) is 2.39. The summed E-state index contributed by atoms with van der Waals surface area (Å²) in [7, 11) is 1.65. The topological polar surface area (TPSA) is 76.9 Å². The number of ether oxygens (including phenoxy) is 1. The van der Waals surface area contributed by atoms with Gasteiger partial charge in [-0.2, -0.15) is 10.4 Å². The molecule has 0 fully saturated rings. The molecule has 108 valence electrons. The van der Waals surface area contributed by atoms with Crippen LogP contribution in [0.2, 0.25) is 0 Å². The minimum atomic E-state index is -0.00158. The Hall–Kier alpha value is -2.32. The molecule has 1 aliphatic carbocycles. The summed E-state index contributed by atoms with van der Waals surface area (Å²) in [5, 5.41) is 13.6. The first-order valence-electron chi connectivity index (χ1n) is 7.11. The van der Waals surface area contributed by atoms with E-state index in [9.17, 15) is 0 Å². The Morgan fingerprint density at radius 1 is 1.43 bits per heavy atom. The summed E-state index contributed by atoms with van der Waals surface area (Å²) in [6, 6.07) is 9.97. The van der Waals surface area contributed by atoms with E-state index >= 15 is 0 Å². The van der Waals surface area contributed by atoms with Crippen LogP contribution in [0.5, 0.6) is 5.75 Å². The predicted molar refractivity (Wildman–Crippen MR) is 79.7 cm³/mol. The summed E-state index contributed by atoms with van der Waals surface area (Å²) in [6.45, 7) is 0.269. The van der Waals surface area contributed by atoms with Gasteiger partial charge in [0.2, 0.25) is 0 Å². The maximum Gasteiger partial charge on any atom is 0.128 e. The average molecular weight is 282 g/mol. The standard InChI is InChI=1S/C16H18N4O/c1-21-12-7-5-11(6-8-12)16-15-13(18)3-2-4-14(15)20(19-16)10-9-17/h5-8,13H,2-4,10,18H2,1H3. The van der Waals surface area contributed by atoms with Crippen molar-refractivity contribution in [1.29, 1.82) is 5.26 Å². The van der Waals surface area contributed by atoms with E-state index in [1.165, 1.54) is 0 Å². The van der Waals surface area contributed by atoms with Gasteiger partial charge in [0.05, 0.1) is 18.9 Å². The van der Waals surface area contributed by atoms with Crippen LogP contribution in [0.4, 0.5) is 0 Å². The molecule has 1 aliphatic rings. The molecule has 0 spiro atoms. The summed E-state index contributed by atoms with van der Waals surface area (Å²) < 4.78 is 6.99. The van der Waals surface area contributed by atoms with E-state index in [1.807, 2.05) is 24.3 Å². The SMILES string of the molecule is COc1ccc(-c2nn(CC#N)c3c2C(N)CCC3)cc1. The van der Waals surface area contributed by atoms with Crippen molar-refractivity contribution in [2.45, 2.75) is 31.8 Å². The molecule has 3 rings (SSSR count). The second-order valence-electron chi connectivity index (χ2n) is 5.25. The molecule has 2 aromatic rings. The second-order valence-corrected chi connectivity index (χ2v) is 5.25. The first-order valence-corrected chi connectivity index (χ1v) is 7.11. The first-order chi connectivity index (χ1) is 10.2. The number of rotatable bonds is 3. The molecule has 0 radical (unpaired) electrons. The van der Waals surface area contributed by atoms with Gasteiger partial charge < -0.3 is 10.5 Å². The van der Waals surface area contributed by atoms with E-state index < -0.39 is 0 Å². The van der Waals surface area contributed by atoms with Crippen LogP contribution in [0.25, 0.3) is 11.3 Å². The summed E-state index contributed by atoms with van der Waals surface area (Å²) in [5.74, 6) is 0.813. The third-order valence-corrected chi connectivity index (χ3v) is 3.98.